The minimum atomic E-state index is -0.330. The molecule has 4 fully saturated rings. The highest BCUT2D eigenvalue weighted by atomic mass is 16.5. The predicted octanol–water partition coefficient (Wildman–Crippen LogP) is 6.99. The van der Waals surface area contributed by atoms with E-state index in [1.165, 1.54) is 57.6 Å². The first-order chi connectivity index (χ1) is 16.9. The third kappa shape index (κ3) is 3.80. The zero-order chi connectivity index (χ0) is 26.0. The van der Waals surface area contributed by atoms with Crippen molar-refractivity contribution in [3.8, 4) is 0 Å². The van der Waals surface area contributed by atoms with Crippen molar-refractivity contribution in [3.05, 3.63) is 0 Å². The molecule has 2 bridgehead atoms. The molecule has 1 aliphatic heterocycles. The molecule has 9 atom stereocenters. The average molecular weight is 499 g/mol. The van der Waals surface area contributed by atoms with E-state index in [0.717, 1.165) is 43.4 Å². The molecule has 0 radical (unpaired) electrons. The third-order valence-electron chi connectivity index (χ3n) is 12.0. The molecule has 5 heteroatoms. The first-order valence-corrected chi connectivity index (χ1v) is 15.0. The molecular weight excluding hydrogens is 448 g/mol. The molecule has 0 aromatic carbocycles. The van der Waals surface area contributed by atoms with Crippen molar-refractivity contribution in [1.82, 2.24) is 5.01 Å². The topological polar surface area (TPSA) is 59.0 Å². The van der Waals surface area contributed by atoms with Crippen LogP contribution in [0.5, 0.6) is 0 Å². The fraction of sp³-hybridized carbons (Fsp3) is 0.903. The van der Waals surface area contributed by atoms with E-state index in [1.54, 1.807) is 6.92 Å². The largest absolute Gasteiger partial charge is 0.462 e. The van der Waals surface area contributed by atoms with Crippen molar-refractivity contribution < 1.29 is 14.3 Å². The van der Waals surface area contributed by atoms with E-state index >= 15 is 0 Å². The van der Waals surface area contributed by atoms with Gasteiger partial charge in [0.05, 0.1) is 5.54 Å². The standard InChI is InChI=1S/C31H50N2O3/c1-19(2)9-8-10-20(3)24-11-12-25-28-26(14-15-29(24,25)6)30(7)16-13-23(36-22(5)35)17-31(30)18-27(28)32-33(31)21(4)34/h19-20,23-26,28H,8-18H2,1-7H3/t20-,23+,24-,25+,26+,28+,29-,30-,31+/m1/s1. The second-order valence-corrected chi connectivity index (χ2v) is 14.3. The summed E-state index contributed by atoms with van der Waals surface area (Å²) in [5.74, 6) is 3.97. The zero-order valence-electron chi connectivity index (χ0n) is 23.9. The number of amides is 1. The van der Waals surface area contributed by atoms with Crippen LogP contribution in [0.15, 0.2) is 5.10 Å². The van der Waals surface area contributed by atoms with Crippen molar-refractivity contribution >= 4 is 17.6 Å². The van der Waals surface area contributed by atoms with Gasteiger partial charge in [-0.1, -0.05) is 53.9 Å². The van der Waals surface area contributed by atoms with Gasteiger partial charge in [0, 0.05) is 38.3 Å². The van der Waals surface area contributed by atoms with Gasteiger partial charge in [-0.25, -0.2) is 5.01 Å². The molecule has 1 heterocycles. The summed E-state index contributed by atoms with van der Waals surface area (Å²) in [6, 6.07) is 0. The summed E-state index contributed by atoms with van der Waals surface area (Å²) >= 11 is 0. The Bertz CT molecular complexity index is 929. The predicted molar refractivity (Wildman–Crippen MR) is 143 cm³/mol. The minimum absolute atomic E-state index is 0.0196. The van der Waals surface area contributed by atoms with Crippen LogP contribution in [0.3, 0.4) is 0 Å². The van der Waals surface area contributed by atoms with E-state index < -0.39 is 0 Å². The van der Waals surface area contributed by atoms with Gasteiger partial charge < -0.3 is 4.74 Å². The summed E-state index contributed by atoms with van der Waals surface area (Å²) in [7, 11) is 0. The van der Waals surface area contributed by atoms with E-state index in [2.05, 4.69) is 34.6 Å². The molecular formula is C31H50N2O3. The van der Waals surface area contributed by atoms with Crippen molar-refractivity contribution in [3.63, 3.8) is 0 Å². The summed E-state index contributed by atoms with van der Waals surface area (Å²) < 4.78 is 5.74. The number of carbonyl (C=O) groups is 2. The van der Waals surface area contributed by atoms with Crippen molar-refractivity contribution in [2.24, 2.45) is 51.4 Å². The summed E-state index contributed by atoms with van der Waals surface area (Å²) in [5.41, 5.74) is 1.37. The fourth-order valence-corrected chi connectivity index (χ4v) is 10.4. The van der Waals surface area contributed by atoms with E-state index in [-0.39, 0.29) is 28.9 Å². The molecule has 36 heavy (non-hydrogen) atoms. The number of esters is 1. The summed E-state index contributed by atoms with van der Waals surface area (Å²) in [6.07, 6.45) is 12.7. The van der Waals surface area contributed by atoms with Crippen molar-refractivity contribution in [2.45, 2.75) is 131 Å². The lowest BCUT2D eigenvalue weighted by Gasteiger charge is -2.64. The lowest BCUT2D eigenvalue weighted by molar-refractivity contribution is -0.175. The highest BCUT2D eigenvalue weighted by Crippen LogP contribution is 2.71. The number of ether oxygens (including phenoxy) is 1. The number of fused-ring (bicyclic) bond motifs is 6. The van der Waals surface area contributed by atoms with Gasteiger partial charge in [-0.2, -0.15) is 5.10 Å². The smallest absolute Gasteiger partial charge is 0.302 e. The Kier molecular flexibility index (Phi) is 6.64. The van der Waals surface area contributed by atoms with E-state index in [0.29, 0.717) is 23.2 Å². The highest BCUT2D eigenvalue weighted by molar-refractivity contribution is 5.94. The Labute approximate surface area is 219 Å². The van der Waals surface area contributed by atoms with Crippen LogP contribution in [0.4, 0.5) is 0 Å². The van der Waals surface area contributed by atoms with Crippen LogP contribution in [0, 0.1) is 46.3 Å². The van der Waals surface area contributed by atoms with Crippen LogP contribution in [-0.2, 0) is 14.3 Å². The lowest BCUT2D eigenvalue weighted by Crippen LogP contribution is -2.68. The van der Waals surface area contributed by atoms with Gasteiger partial charge in [-0.05, 0) is 78.9 Å². The number of nitrogens with zero attached hydrogens (tertiary/aromatic N) is 2. The first-order valence-electron chi connectivity index (χ1n) is 15.0. The van der Waals surface area contributed by atoms with Crippen LogP contribution in [0.1, 0.15) is 119 Å². The zero-order valence-corrected chi connectivity index (χ0v) is 23.9. The molecule has 5 nitrogen and oxygen atoms in total. The molecule has 0 aromatic rings. The number of hydrogen-bond acceptors (Lipinski definition) is 4. The molecule has 5 rings (SSSR count). The van der Waals surface area contributed by atoms with Crippen LogP contribution in [0.2, 0.25) is 0 Å². The summed E-state index contributed by atoms with van der Waals surface area (Å²) in [5, 5.41) is 7.03. The quantitative estimate of drug-likeness (QED) is 0.371. The Morgan fingerprint density at radius 1 is 1.03 bits per heavy atom. The normalized spacial score (nSPS) is 43.9. The Hall–Kier alpha value is -1.39. The van der Waals surface area contributed by atoms with Crippen LogP contribution >= 0.6 is 0 Å². The van der Waals surface area contributed by atoms with Gasteiger partial charge in [0.2, 0.25) is 5.91 Å². The summed E-state index contributed by atoms with van der Waals surface area (Å²) in [6.45, 7) is 15.5. The number of hydrogen-bond donors (Lipinski definition) is 0. The molecule has 0 N–H and O–H groups in total. The van der Waals surface area contributed by atoms with Gasteiger partial charge in [0.15, 0.2) is 0 Å². The first kappa shape index (κ1) is 26.2. The number of rotatable bonds is 6. The van der Waals surface area contributed by atoms with Crippen LogP contribution < -0.4 is 0 Å². The molecule has 5 aliphatic rings. The Balaban J connectivity index is 1.44. The lowest BCUT2D eigenvalue weighted by atomic mass is 9.42. The molecule has 0 unspecified atom stereocenters. The van der Waals surface area contributed by atoms with Gasteiger partial charge in [-0.3, -0.25) is 9.59 Å². The maximum absolute atomic E-state index is 13.0. The van der Waals surface area contributed by atoms with E-state index in [4.69, 9.17) is 9.84 Å². The Morgan fingerprint density at radius 2 is 1.78 bits per heavy atom. The second-order valence-electron chi connectivity index (χ2n) is 14.3. The van der Waals surface area contributed by atoms with Crippen molar-refractivity contribution in [2.75, 3.05) is 0 Å². The average Bonchev–Trinajstić information content (AvgIpc) is 3.31. The van der Waals surface area contributed by atoms with Crippen molar-refractivity contribution in [1.29, 1.82) is 0 Å². The maximum atomic E-state index is 13.0. The molecule has 0 saturated heterocycles. The summed E-state index contributed by atoms with van der Waals surface area (Å²) in [4.78, 5) is 24.8. The molecule has 4 aliphatic carbocycles. The van der Waals surface area contributed by atoms with Gasteiger partial charge >= 0.3 is 5.97 Å². The minimum Gasteiger partial charge on any atom is -0.462 e. The molecule has 1 spiro atoms. The Morgan fingerprint density at radius 3 is 2.44 bits per heavy atom. The molecule has 1 amide bonds. The van der Waals surface area contributed by atoms with E-state index in [1.807, 2.05) is 5.01 Å². The third-order valence-corrected chi connectivity index (χ3v) is 12.0. The number of hydrazone groups is 1. The van der Waals surface area contributed by atoms with Gasteiger partial charge in [0.1, 0.15) is 6.10 Å². The monoisotopic (exact) mass is 498 g/mol. The van der Waals surface area contributed by atoms with Crippen LogP contribution in [0.25, 0.3) is 0 Å². The SMILES string of the molecule is CC(=O)O[C@H]1CC[C@]2(C)[C@H]3CC[C@]4(C)[C@@H]([C@H](C)CCCC(C)C)CC[C@H]4[C@@H]3C3=NN(C(C)=O)[C@]2(C3)C1. The van der Waals surface area contributed by atoms with E-state index in [9.17, 15) is 9.59 Å². The highest BCUT2D eigenvalue weighted by Gasteiger charge is 2.71. The van der Waals surface area contributed by atoms with Gasteiger partial charge in [-0.15, -0.1) is 0 Å². The number of carbonyl (C=O) groups excluding carboxylic acids is 2. The molecule has 4 saturated carbocycles. The second kappa shape index (κ2) is 9.12. The molecule has 202 valence electrons. The van der Waals surface area contributed by atoms with Crippen LogP contribution in [-0.4, -0.2) is 34.2 Å². The fourth-order valence-electron chi connectivity index (χ4n) is 10.4. The van der Waals surface area contributed by atoms with Gasteiger partial charge in [0.25, 0.3) is 0 Å². The maximum Gasteiger partial charge on any atom is 0.302 e. The molecule has 0 aromatic heterocycles.